The van der Waals surface area contributed by atoms with Crippen molar-refractivity contribution in [3.05, 3.63) is 51.1 Å². The molecule has 0 saturated carbocycles. The number of halogens is 1. The highest BCUT2D eigenvalue weighted by molar-refractivity contribution is 14.1. The Bertz CT molecular complexity index is 981. The molecule has 4 aliphatic rings. The number of rotatable bonds is 3. The van der Waals surface area contributed by atoms with Gasteiger partial charge in [0.25, 0.3) is 0 Å². The summed E-state index contributed by atoms with van der Waals surface area (Å²) < 4.78 is 1.07. The van der Waals surface area contributed by atoms with Crippen molar-refractivity contribution in [2.45, 2.75) is 45.1 Å². The standard InChI is InChI=1S/C24H25IN2O3/c1-2-4-14-11-19-22(18-12-17-5-3-6-21(28)26(17)13-20(14)18)24(30)27(23(19)29)16-9-7-15(25)8-10-16/h3,6-10,17-19,22H,2,4-5,11-13H2,1H3. The molecule has 6 heteroatoms. The van der Waals surface area contributed by atoms with Gasteiger partial charge in [-0.25, -0.2) is 0 Å². The van der Waals surface area contributed by atoms with Crippen LogP contribution in [0.15, 0.2) is 47.6 Å². The van der Waals surface area contributed by atoms with Crippen molar-refractivity contribution in [1.29, 1.82) is 0 Å². The summed E-state index contributed by atoms with van der Waals surface area (Å²) in [6, 6.07) is 7.73. The fraction of sp³-hybridized carbons (Fsp3) is 0.458. The van der Waals surface area contributed by atoms with E-state index in [9.17, 15) is 14.4 Å². The number of hydrogen-bond acceptors (Lipinski definition) is 3. The van der Waals surface area contributed by atoms with Crippen LogP contribution in [0.2, 0.25) is 0 Å². The summed E-state index contributed by atoms with van der Waals surface area (Å²) in [5.41, 5.74) is 3.23. The van der Waals surface area contributed by atoms with Crippen LogP contribution < -0.4 is 4.90 Å². The van der Waals surface area contributed by atoms with E-state index >= 15 is 0 Å². The number of carbonyl (C=O) groups is 3. The molecule has 0 radical (unpaired) electrons. The molecule has 30 heavy (non-hydrogen) atoms. The number of fused-ring (bicyclic) bond motifs is 4. The zero-order chi connectivity index (χ0) is 21.0. The van der Waals surface area contributed by atoms with Crippen LogP contribution in [0.25, 0.3) is 0 Å². The second-order valence-electron chi connectivity index (χ2n) is 8.80. The van der Waals surface area contributed by atoms with Crippen LogP contribution in [-0.2, 0) is 14.4 Å². The van der Waals surface area contributed by atoms with E-state index in [1.165, 1.54) is 16.0 Å². The van der Waals surface area contributed by atoms with Crippen LogP contribution in [0, 0.1) is 21.3 Å². The Morgan fingerprint density at radius 2 is 1.83 bits per heavy atom. The summed E-state index contributed by atoms with van der Waals surface area (Å²) in [7, 11) is 0. The van der Waals surface area contributed by atoms with Gasteiger partial charge >= 0.3 is 0 Å². The van der Waals surface area contributed by atoms with Crippen LogP contribution in [0.1, 0.15) is 39.0 Å². The minimum absolute atomic E-state index is 0.0547. The van der Waals surface area contributed by atoms with Gasteiger partial charge in [0.15, 0.2) is 0 Å². The summed E-state index contributed by atoms with van der Waals surface area (Å²) in [6.07, 6.45) is 7.82. The van der Waals surface area contributed by atoms with Crippen molar-refractivity contribution < 1.29 is 14.4 Å². The van der Waals surface area contributed by atoms with Gasteiger partial charge in [-0.05, 0) is 90.1 Å². The molecule has 0 bridgehead atoms. The number of piperidine rings is 1. The Labute approximate surface area is 190 Å². The van der Waals surface area contributed by atoms with E-state index in [0.29, 0.717) is 18.7 Å². The molecule has 0 N–H and O–H groups in total. The summed E-state index contributed by atoms with van der Waals surface area (Å²) in [5, 5.41) is 0. The lowest BCUT2D eigenvalue weighted by Gasteiger charge is -2.47. The second kappa shape index (κ2) is 7.62. The fourth-order valence-corrected chi connectivity index (χ4v) is 6.21. The van der Waals surface area contributed by atoms with E-state index < -0.39 is 0 Å². The second-order valence-corrected chi connectivity index (χ2v) is 10.0. The van der Waals surface area contributed by atoms with E-state index in [1.807, 2.05) is 35.2 Å². The summed E-state index contributed by atoms with van der Waals surface area (Å²) in [5.74, 6) is -0.541. The number of hydrogen-bond donors (Lipinski definition) is 0. The Morgan fingerprint density at radius 1 is 1.07 bits per heavy atom. The number of amides is 3. The molecule has 0 aromatic heterocycles. The molecule has 1 aromatic rings. The fourth-order valence-electron chi connectivity index (χ4n) is 5.85. The molecule has 1 aromatic carbocycles. The third-order valence-corrected chi connectivity index (χ3v) is 7.89. The Hall–Kier alpha value is -1.96. The van der Waals surface area contributed by atoms with Crippen molar-refractivity contribution in [3.63, 3.8) is 0 Å². The lowest BCUT2D eigenvalue weighted by molar-refractivity contribution is -0.131. The van der Waals surface area contributed by atoms with Gasteiger partial charge in [0, 0.05) is 16.2 Å². The number of imide groups is 1. The Kier molecular flexibility index (Phi) is 5.08. The van der Waals surface area contributed by atoms with Gasteiger partial charge in [-0.3, -0.25) is 19.3 Å². The van der Waals surface area contributed by atoms with E-state index in [1.54, 1.807) is 6.08 Å². The lowest BCUT2D eigenvalue weighted by atomic mass is 9.65. The van der Waals surface area contributed by atoms with Crippen molar-refractivity contribution >= 4 is 46.0 Å². The summed E-state index contributed by atoms with van der Waals surface area (Å²) in [6.45, 7) is 2.76. The van der Waals surface area contributed by atoms with E-state index in [4.69, 9.17) is 0 Å². The normalized spacial score (nSPS) is 30.5. The summed E-state index contributed by atoms with van der Waals surface area (Å²) in [4.78, 5) is 42.8. The number of nitrogens with zero attached hydrogens (tertiary/aromatic N) is 2. The quantitative estimate of drug-likeness (QED) is 0.346. The first-order valence-electron chi connectivity index (χ1n) is 10.8. The van der Waals surface area contributed by atoms with Crippen molar-refractivity contribution in [2.75, 3.05) is 11.4 Å². The molecule has 3 amide bonds. The van der Waals surface area contributed by atoms with Gasteiger partial charge in [-0.15, -0.1) is 0 Å². The molecule has 5 nitrogen and oxygen atoms in total. The van der Waals surface area contributed by atoms with Crippen molar-refractivity contribution in [2.24, 2.45) is 17.8 Å². The number of allylic oxidation sites excluding steroid dienone is 1. The van der Waals surface area contributed by atoms with Crippen LogP contribution in [0.5, 0.6) is 0 Å². The predicted octanol–water partition coefficient (Wildman–Crippen LogP) is 4.07. The monoisotopic (exact) mass is 516 g/mol. The third kappa shape index (κ3) is 3.06. The SMILES string of the molecule is CCCC1=C2CN3C(=O)C=CCC3CC2C2C(=O)N(c3ccc(I)cc3)C(=O)C2C1. The first kappa shape index (κ1) is 20.0. The van der Waals surface area contributed by atoms with Gasteiger partial charge in [0.05, 0.1) is 17.5 Å². The molecule has 4 atom stereocenters. The molecule has 2 fully saturated rings. The smallest absolute Gasteiger partial charge is 0.246 e. The molecular weight excluding hydrogens is 491 g/mol. The summed E-state index contributed by atoms with van der Waals surface area (Å²) >= 11 is 2.23. The number of benzene rings is 1. The predicted molar refractivity (Wildman–Crippen MR) is 123 cm³/mol. The average molecular weight is 516 g/mol. The molecule has 4 unspecified atom stereocenters. The van der Waals surface area contributed by atoms with E-state index in [-0.39, 0.29) is 41.5 Å². The van der Waals surface area contributed by atoms with Crippen LogP contribution in [-0.4, -0.2) is 35.2 Å². The van der Waals surface area contributed by atoms with Gasteiger partial charge in [-0.2, -0.15) is 0 Å². The lowest BCUT2D eigenvalue weighted by Crippen LogP contribution is -2.51. The van der Waals surface area contributed by atoms with Crippen LogP contribution >= 0.6 is 22.6 Å². The van der Waals surface area contributed by atoms with E-state index in [2.05, 4.69) is 29.5 Å². The number of carbonyl (C=O) groups excluding carboxylic acids is 3. The highest BCUT2D eigenvalue weighted by atomic mass is 127. The molecule has 3 aliphatic heterocycles. The molecule has 3 heterocycles. The van der Waals surface area contributed by atoms with Gasteiger partial charge < -0.3 is 4.90 Å². The maximum absolute atomic E-state index is 13.6. The highest BCUT2D eigenvalue weighted by Gasteiger charge is 2.56. The molecule has 0 spiro atoms. The third-order valence-electron chi connectivity index (χ3n) is 7.17. The zero-order valence-corrected chi connectivity index (χ0v) is 19.2. The first-order valence-corrected chi connectivity index (χ1v) is 11.9. The molecular formula is C24H25IN2O3. The van der Waals surface area contributed by atoms with Gasteiger partial charge in [-0.1, -0.05) is 25.0 Å². The van der Waals surface area contributed by atoms with Gasteiger partial charge in [0.2, 0.25) is 17.7 Å². The highest BCUT2D eigenvalue weighted by Crippen LogP contribution is 2.51. The molecule has 1 aliphatic carbocycles. The largest absolute Gasteiger partial charge is 0.332 e. The minimum atomic E-state index is -0.296. The average Bonchev–Trinajstić information content (AvgIpc) is 2.98. The minimum Gasteiger partial charge on any atom is -0.332 e. The van der Waals surface area contributed by atoms with Crippen LogP contribution in [0.4, 0.5) is 5.69 Å². The van der Waals surface area contributed by atoms with Crippen LogP contribution in [0.3, 0.4) is 0 Å². The first-order chi connectivity index (χ1) is 14.5. The van der Waals surface area contributed by atoms with Gasteiger partial charge in [0.1, 0.15) is 0 Å². The molecule has 156 valence electrons. The molecule has 2 saturated heterocycles. The Balaban J connectivity index is 1.53. The number of anilines is 1. The van der Waals surface area contributed by atoms with E-state index in [0.717, 1.165) is 29.3 Å². The van der Waals surface area contributed by atoms with Crippen molar-refractivity contribution in [3.8, 4) is 0 Å². The van der Waals surface area contributed by atoms with Crippen molar-refractivity contribution in [1.82, 2.24) is 4.90 Å². The maximum atomic E-state index is 13.6. The zero-order valence-electron chi connectivity index (χ0n) is 17.0. The molecule has 5 rings (SSSR count). The maximum Gasteiger partial charge on any atom is 0.246 e. The Morgan fingerprint density at radius 3 is 2.57 bits per heavy atom. The topological polar surface area (TPSA) is 57.7 Å².